The Morgan fingerprint density at radius 2 is 1.50 bits per heavy atom. The van der Waals surface area contributed by atoms with Gasteiger partial charge in [-0.3, -0.25) is 0 Å². The molecule has 1 aliphatic heterocycles. The molecule has 1 fully saturated rings. The second-order valence-electron chi connectivity index (χ2n) is 0.224. The van der Waals surface area contributed by atoms with Crippen LogP contribution in [0.25, 0.3) is 0 Å². The molecule has 1 heterocycles. The zero-order valence-corrected chi connectivity index (χ0v) is 3.37. The Morgan fingerprint density at radius 3 is 1.50 bits per heavy atom. The Kier molecular flexibility index (Phi) is 1.96. The Balaban J connectivity index is 0.0000000900. The molecule has 4 heavy (non-hydrogen) atoms. The summed E-state index contributed by atoms with van der Waals surface area (Å²) in [5.41, 5.74) is 0. The fourth-order valence-corrected chi connectivity index (χ4v) is 0. The predicted molar refractivity (Wildman–Crippen MR) is 7.19 cm³/mol. The summed E-state index contributed by atoms with van der Waals surface area (Å²) in [6.45, 7) is 0. The van der Waals surface area contributed by atoms with Crippen LogP contribution in [-0.4, -0.2) is 0 Å². The van der Waals surface area contributed by atoms with Gasteiger partial charge in [-0.2, -0.15) is 0 Å². The minimum atomic E-state index is -0.0625. The summed E-state index contributed by atoms with van der Waals surface area (Å²) < 4.78 is 8.19. The molecule has 0 atom stereocenters. The standard InChI is InChI=1S/H3N.O2.V/c;1-2;/h1H3;;/q;-2;+2. The summed E-state index contributed by atoms with van der Waals surface area (Å²) in [5.74, 6) is 0. The van der Waals surface area contributed by atoms with Crippen LogP contribution in [0.4, 0.5) is 0 Å². The summed E-state index contributed by atoms with van der Waals surface area (Å²) in [5, 5.41) is 0. The molecule has 0 aliphatic carbocycles. The Bertz CT molecular complexity index is 10.8. The van der Waals surface area contributed by atoms with Crippen molar-refractivity contribution < 1.29 is 24.6 Å². The van der Waals surface area contributed by atoms with Crippen molar-refractivity contribution in [3.8, 4) is 0 Å². The van der Waals surface area contributed by atoms with Crippen molar-refractivity contribution in [2.75, 3.05) is 0 Å². The van der Waals surface area contributed by atoms with Gasteiger partial charge >= 0.3 is 24.6 Å². The average Bonchev–Trinajstić information content (AvgIpc) is 1.46. The number of hydrogen-bond acceptors (Lipinski definition) is 3. The number of hydrogen-bond donors (Lipinski definition) is 1. The van der Waals surface area contributed by atoms with Crippen LogP contribution >= 0.6 is 0 Å². The van der Waals surface area contributed by atoms with E-state index < -0.39 is 0 Å². The average molecular weight is 100.0 g/mol. The molecule has 0 saturated carbocycles. The van der Waals surface area contributed by atoms with Crippen LogP contribution in [0, 0.1) is 0 Å². The maximum atomic E-state index is 4.09. The third-order valence-electron chi connectivity index (χ3n) is 0.0745. The van der Waals surface area contributed by atoms with Crippen molar-refractivity contribution in [1.82, 2.24) is 6.15 Å². The fraction of sp³-hybridized carbons (Fsp3) is 0. The zero-order valence-electron chi connectivity index (χ0n) is 1.97. The molecule has 0 unspecified atom stereocenters. The SMILES string of the molecule is N.[O]1[O][V]1. The minimum absolute atomic E-state index is 0. The van der Waals surface area contributed by atoms with Crippen molar-refractivity contribution in [2.45, 2.75) is 0 Å². The van der Waals surface area contributed by atoms with Crippen LogP contribution in [-0.2, 0) is 24.6 Å². The molecule has 25 valence electrons. The first-order valence-electron chi connectivity index (χ1n) is 0.532. The van der Waals surface area contributed by atoms with E-state index in [4.69, 9.17) is 0 Å². The molecule has 0 aromatic carbocycles. The van der Waals surface area contributed by atoms with Gasteiger partial charge in [0.15, 0.2) is 0 Å². The van der Waals surface area contributed by atoms with Crippen LogP contribution in [0.3, 0.4) is 0 Å². The summed E-state index contributed by atoms with van der Waals surface area (Å²) >= 11 is -0.0625. The van der Waals surface area contributed by atoms with Crippen molar-refractivity contribution in [2.24, 2.45) is 0 Å². The molecular formula is H3NO2V. The predicted octanol–water partition coefficient (Wildman–Crippen LogP) is 0.0227. The van der Waals surface area contributed by atoms with Gasteiger partial charge in [-0.15, -0.1) is 0 Å². The quantitative estimate of drug-likeness (QED) is 0.345. The Morgan fingerprint density at radius 1 is 1.25 bits per heavy atom. The van der Waals surface area contributed by atoms with Crippen molar-refractivity contribution in [1.29, 1.82) is 0 Å². The third kappa shape index (κ3) is 2.46. The van der Waals surface area contributed by atoms with Gasteiger partial charge < -0.3 is 6.15 Å². The van der Waals surface area contributed by atoms with Gasteiger partial charge in [0, 0.05) is 0 Å². The molecule has 0 aromatic rings. The summed E-state index contributed by atoms with van der Waals surface area (Å²) in [7, 11) is 0. The number of rotatable bonds is 0. The van der Waals surface area contributed by atoms with Gasteiger partial charge in [0.1, 0.15) is 0 Å². The molecule has 4 heteroatoms. The third-order valence-corrected chi connectivity index (χ3v) is 0.307. The van der Waals surface area contributed by atoms with Crippen LogP contribution in [0.1, 0.15) is 0 Å². The molecule has 0 aromatic heterocycles. The second-order valence-corrected chi connectivity index (χ2v) is 0.922. The molecule has 1 rings (SSSR count). The van der Waals surface area contributed by atoms with E-state index in [1.807, 2.05) is 0 Å². The van der Waals surface area contributed by atoms with E-state index in [-0.39, 0.29) is 23.1 Å². The topological polar surface area (TPSA) is 60.1 Å². The first-order valence-corrected chi connectivity index (χ1v) is 1.67. The van der Waals surface area contributed by atoms with Gasteiger partial charge in [-0.1, -0.05) is 0 Å². The first-order chi connectivity index (χ1) is 1.50. The van der Waals surface area contributed by atoms with Crippen molar-refractivity contribution in [3.05, 3.63) is 0 Å². The van der Waals surface area contributed by atoms with Gasteiger partial charge in [-0.05, 0) is 0 Å². The van der Waals surface area contributed by atoms with Crippen LogP contribution in [0.2, 0.25) is 0 Å². The second kappa shape index (κ2) is 1.75. The van der Waals surface area contributed by atoms with Gasteiger partial charge in [-0.25, -0.2) is 0 Å². The van der Waals surface area contributed by atoms with E-state index in [1.54, 1.807) is 0 Å². The zero-order chi connectivity index (χ0) is 2.12. The Hall–Kier alpha value is 0.464. The van der Waals surface area contributed by atoms with Gasteiger partial charge in [0.25, 0.3) is 0 Å². The van der Waals surface area contributed by atoms with Gasteiger partial charge in [0.05, 0.1) is 0 Å². The summed E-state index contributed by atoms with van der Waals surface area (Å²) in [4.78, 5) is 0. The van der Waals surface area contributed by atoms with E-state index in [1.165, 1.54) is 0 Å². The normalized spacial score (nSPS) is 16.0. The molecule has 0 amide bonds. The van der Waals surface area contributed by atoms with Crippen LogP contribution in [0.5, 0.6) is 0 Å². The fourth-order valence-electron chi connectivity index (χ4n) is 0. The van der Waals surface area contributed by atoms with Crippen molar-refractivity contribution in [3.63, 3.8) is 0 Å². The molecule has 0 spiro atoms. The Labute approximate surface area is 31.6 Å². The van der Waals surface area contributed by atoms with Crippen LogP contribution in [0.15, 0.2) is 0 Å². The van der Waals surface area contributed by atoms with Gasteiger partial charge in [0.2, 0.25) is 0 Å². The molecule has 3 nitrogen and oxygen atoms in total. The molecule has 1 saturated heterocycles. The van der Waals surface area contributed by atoms with E-state index in [2.05, 4.69) is 7.63 Å². The van der Waals surface area contributed by atoms with E-state index in [9.17, 15) is 0 Å². The molecule has 1 aliphatic rings. The molecule has 0 bridgehead atoms. The van der Waals surface area contributed by atoms with E-state index in [0.29, 0.717) is 0 Å². The van der Waals surface area contributed by atoms with Crippen molar-refractivity contribution >= 4 is 0 Å². The molecule has 0 radical (unpaired) electrons. The molecular weight excluding hydrogens is 96.9 g/mol. The first kappa shape index (κ1) is 4.46. The maximum absolute atomic E-state index is 4.09. The van der Waals surface area contributed by atoms with E-state index in [0.717, 1.165) is 0 Å². The summed E-state index contributed by atoms with van der Waals surface area (Å²) in [6.07, 6.45) is 0. The van der Waals surface area contributed by atoms with E-state index >= 15 is 0 Å². The summed E-state index contributed by atoms with van der Waals surface area (Å²) in [6, 6.07) is 0. The monoisotopic (exact) mass is 100.0 g/mol. The molecule has 3 N–H and O–H groups in total. The van der Waals surface area contributed by atoms with Crippen LogP contribution < -0.4 is 6.15 Å².